The maximum atomic E-state index is 13.2. The van der Waals surface area contributed by atoms with Crippen LogP contribution in [0.2, 0.25) is 5.02 Å². The Labute approximate surface area is 198 Å². The number of nitrogens with one attached hydrogen (secondary N) is 1. The molecule has 0 aliphatic heterocycles. The summed E-state index contributed by atoms with van der Waals surface area (Å²) in [5.41, 5.74) is 2.18. The SMILES string of the molecule is COc1ccc(C(=O)O)cc1NCc1cc(OC)c(OCc2ccc(F)cc2Cl)cc1Br. The molecule has 0 fully saturated rings. The Hall–Kier alpha value is -2.97. The molecular formula is C23H20BrClFNO5. The Bertz CT molecular complexity index is 1140. The lowest BCUT2D eigenvalue weighted by molar-refractivity contribution is 0.0697. The van der Waals surface area contributed by atoms with Crippen molar-refractivity contribution in [3.63, 3.8) is 0 Å². The maximum Gasteiger partial charge on any atom is 0.335 e. The lowest BCUT2D eigenvalue weighted by Crippen LogP contribution is -2.06. The number of carboxylic acid groups (broad SMARTS) is 1. The van der Waals surface area contributed by atoms with Crippen molar-refractivity contribution in [2.45, 2.75) is 13.2 Å². The first-order valence-corrected chi connectivity index (χ1v) is 10.6. The second-order valence-corrected chi connectivity index (χ2v) is 7.95. The van der Waals surface area contributed by atoms with Gasteiger partial charge in [-0.15, -0.1) is 0 Å². The first-order chi connectivity index (χ1) is 15.3. The van der Waals surface area contributed by atoms with E-state index < -0.39 is 11.8 Å². The Morgan fingerprint density at radius 1 is 1.03 bits per heavy atom. The summed E-state index contributed by atoms with van der Waals surface area (Å²) in [4.78, 5) is 11.3. The molecule has 0 saturated carbocycles. The van der Waals surface area contributed by atoms with Crippen LogP contribution in [0.1, 0.15) is 21.5 Å². The number of carboxylic acids is 1. The van der Waals surface area contributed by atoms with Crippen LogP contribution in [0.25, 0.3) is 0 Å². The van der Waals surface area contributed by atoms with Gasteiger partial charge in [-0.05, 0) is 48.0 Å². The number of carbonyl (C=O) groups is 1. The van der Waals surface area contributed by atoms with Crippen molar-refractivity contribution in [3.05, 3.63) is 80.5 Å². The molecular weight excluding hydrogens is 505 g/mol. The van der Waals surface area contributed by atoms with E-state index in [1.807, 2.05) is 0 Å². The fourth-order valence-corrected chi connectivity index (χ4v) is 3.63. The normalized spacial score (nSPS) is 10.5. The van der Waals surface area contributed by atoms with Crippen LogP contribution in [0, 0.1) is 5.82 Å². The zero-order chi connectivity index (χ0) is 23.3. The zero-order valence-corrected chi connectivity index (χ0v) is 19.6. The summed E-state index contributed by atoms with van der Waals surface area (Å²) in [7, 11) is 3.04. The van der Waals surface area contributed by atoms with Crippen LogP contribution < -0.4 is 19.5 Å². The lowest BCUT2D eigenvalue weighted by Gasteiger charge is -2.16. The lowest BCUT2D eigenvalue weighted by atomic mass is 10.1. The largest absolute Gasteiger partial charge is 0.495 e. The molecule has 2 N–H and O–H groups in total. The molecule has 0 amide bonds. The van der Waals surface area contributed by atoms with Gasteiger partial charge in [0.15, 0.2) is 11.5 Å². The topological polar surface area (TPSA) is 77.0 Å². The van der Waals surface area contributed by atoms with Crippen molar-refractivity contribution in [1.82, 2.24) is 0 Å². The second kappa shape index (κ2) is 10.6. The minimum atomic E-state index is -1.03. The molecule has 3 aromatic rings. The van der Waals surface area contributed by atoms with Crippen molar-refractivity contribution in [3.8, 4) is 17.2 Å². The molecule has 32 heavy (non-hydrogen) atoms. The molecule has 0 aliphatic carbocycles. The smallest absolute Gasteiger partial charge is 0.335 e. The van der Waals surface area contributed by atoms with Gasteiger partial charge in [-0.3, -0.25) is 0 Å². The van der Waals surface area contributed by atoms with Gasteiger partial charge in [0.05, 0.1) is 30.5 Å². The van der Waals surface area contributed by atoms with E-state index in [0.29, 0.717) is 35.0 Å². The Kier molecular flexibility index (Phi) is 7.82. The maximum absolute atomic E-state index is 13.2. The molecule has 3 aromatic carbocycles. The van der Waals surface area contributed by atoms with E-state index in [0.717, 1.165) is 10.0 Å². The molecule has 0 aliphatic rings. The molecule has 0 unspecified atom stereocenters. The van der Waals surface area contributed by atoms with Crippen molar-refractivity contribution < 1.29 is 28.5 Å². The van der Waals surface area contributed by atoms with Gasteiger partial charge < -0.3 is 24.6 Å². The van der Waals surface area contributed by atoms with Crippen LogP contribution in [0.4, 0.5) is 10.1 Å². The number of rotatable bonds is 9. The van der Waals surface area contributed by atoms with Gasteiger partial charge in [0, 0.05) is 16.6 Å². The van der Waals surface area contributed by atoms with E-state index >= 15 is 0 Å². The van der Waals surface area contributed by atoms with Gasteiger partial charge in [0.1, 0.15) is 18.2 Å². The summed E-state index contributed by atoms with van der Waals surface area (Å²) in [5, 5.41) is 12.7. The van der Waals surface area contributed by atoms with Crippen LogP contribution in [0.3, 0.4) is 0 Å². The quantitative estimate of drug-likeness (QED) is 0.350. The highest BCUT2D eigenvalue weighted by Gasteiger charge is 2.14. The van der Waals surface area contributed by atoms with E-state index in [1.165, 1.54) is 38.5 Å². The van der Waals surface area contributed by atoms with Crippen LogP contribution in [-0.4, -0.2) is 25.3 Å². The average Bonchev–Trinajstić information content (AvgIpc) is 2.77. The van der Waals surface area contributed by atoms with Crippen LogP contribution in [0.5, 0.6) is 17.2 Å². The highest BCUT2D eigenvalue weighted by Crippen LogP contribution is 2.35. The molecule has 0 radical (unpaired) electrons. The third-order valence-electron chi connectivity index (χ3n) is 4.65. The fourth-order valence-electron chi connectivity index (χ4n) is 2.95. The van der Waals surface area contributed by atoms with Gasteiger partial charge in [-0.2, -0.15) is 0 Å². The molecule has 0 atom stereocenters. The number of methoxy groups -OCH3 is 2. The van der Waals surface area contributed by atoms with E-state index in [1.54, 1.807) is 24.3 Å². The van der Waals surface area contributed by atoms with Gasteiger partial charge in [-0.25, -0.2) is 9.18 Å². The molecule has 6 nitrogen and oxygen atoms in total. The number of hydrogen-bond donors (Lipinski definition) is 2. The molecule has 0 heterocycles. The summed E-state index contributed by atoms with van der Waals surface area (Å²) in [6, 6.07) is 12.3. The third kappa shape index (κ3) is 5.63. The van der Waals surface area contributed by atoms with E-state index in [-0.39, 0.29) is 17.2 Å². The Balaban J connectivity index is 1.78. The first kappa shape index (κ1) is 23.7. The van der Waals surface area contributed by atoms with Crippen molar-refractivity contribution in [1.29, 1.82) is 0 Å². The standard InChI is InChI=1S/C23H20BrClFNO5/c1-30-20-6-4-13(23(28)29)7-19(20)27-11-15-8-21(31-2)22(10-17(15)24)32-12-14-3-5-16(26)9-18(14)25/h3-10,27H,11-12H2,1-2H3,(H,28,29). The van der Waals surface area contributed by atoms with Gasteiger partial charge in [-0.1, -0.05) is 33.6 Å². The van der Waals surface area contributed by atoms with Gasteiger partial charge in [0.25, 0.3) is 0 Å². The summed E-state index contributed by atoms with van der Waals surface area (Å²) >= 11 is 9.60. The Morgan fingerprint density at radius 2 is 1.78 bits per heavy atom. The third-order valence-corrected chi connectivity index (χ3v) is 5.74. The van der Waals surface area contributed by atoms with Crippen molar-refractivity contribution in [2.24, 2.45) is 0 Å². The van der Waals surface area contributed by atoms with E-state index in [4.69, 9.17) is 25.8 Å². The summed E-state index contributed by atoms with van der Waals surface area (Å²) in [6.45, 7) is 0.499. The predicted octanol–water partition coefficient (Wildman–Crippen LogP) is 6.15. The zero-order valence-electron chi connectivity index (χ0n) is 17.2. The van der Waals surface area contributed by atoms with Crippen LogP contribution >= 0.6 is 27.5 Å². The monoisotopic (exact) mass is 523 g/mol. The summed E-state index contributed by atoms with van der Waals surface area (Å²) in [5.74, 6) is 0.0560. The molecule has 0 bridgehead atoms. The van der Waals surface area contributed by atoms with Crippen LogP contribution in [0.15, 0.2) is 53.0 Å². The van der Waals surface area contributed by atoms with Gasteiger partial charge >= 0.3 is 5.97 Å². The fraction of sp³-hybridized carbons (Fsp3) is 0.174. The molecule has 0 saturated heterocycles. The minimum Gasteiger partial charge on any atom is -0.495 e. The molecule has 0 aromatic heterocycles. The highest BCUT2D eigenvalue weighted by molar-refractivity contribution is 9.10. The number of halogens is 3. The average molecular weight is 525 g/mol. The number of anilines is 1. The molecule has 9 heteroatoms. The molecule has 168 valence electrons. The van der Waals surface area contributed by atoms with Crippen LogP contribution in [-0.2, 0) is 13.2 Å². The molecule has 3 rings (SSSR count). The van der Waals surface area contributed by atoms with Crippen molar-refractivity contribution >= 4 is 39.2 Å². The molecule has 0 spiro atoms. The summed E-state index contributed by atoms with van der Waals surface area (Å²) < 4.78 is 30.6. The summed E-state index contributed by atoms with van der Waals surface area (Å²) in [6.07, 6.45) is 0. The predicted molar refractivity (Wildman–Crippen MR) is 124 cm³/mol. The first-order valence-electron chi connectivity index (χ1n) is 9.40. The number of aromatic carboxylic acids is 1. The van der Waals surface area contributed by atoms with E-state index in [2.05, 4.69) is 21.2 Å². The van der Waals surface area contributed by atoms with E-state index in [9.17, 15) is 14.3 Å². The highest BCUT2D eigenvalue weighted by atomic mass is 79.9. The Morgan fingerprint density at radius 3 is 2.44 bits per heavy atom. The van der Waals surface area contributed by atoms with Gasteiger partial charge in [0.2, 0.25) is 0 Å². The van der Waals surface area contributed by atoms with Crippen molar-refractivity contribution in [2.75, 3.05) is 19.5 Å². The number of hydrogen-bond acceptors (Lipinski definition) is 5. The number of ether oxygens (including phenoxy) is 3. The minimum absolute atomic E-state index is 0.138. The number of benzene rings is 3. The second-order valence-electron chi connectivity index (χ2n) is 6.69.